The molecule has 2 aromatic rings. The second-order valence-corrected chi connectivity index (χ2v) is 4.89. The maximum atomic E-state index is 11.0. The number of pyridine rings is 1. The molecule has 0 bridgehead atoms. The molecular weight excluding hydrogens is 266 g/mol. The van der Waals surface area contributed by atoms with Crippen LogP contribution in [0.5, 0.6) is 0 Å². The van der Waals surface area contributed by atoms with Crippen molar-refractivity contribution >= 4 is 23.3 Å². The third-order valence-electron chi connectivity index (χ3n) is 2.45. The van der Waals surface area contributed by atoms with E-state index in [2.05, 4.69) is 15.4 Å². The van der Waals surface area contributed by atoms with Crippen molar-refractivity contribution in [2.45, 2.75) is 17.0 Å². The first-order valence-corrected chi connectivity index (χ1v) is 6.34. The van der Waals surface area contributed by atoms with Gasteiger partial charge in [0.05, 0.1) is 10.6 Å². The maximum absolute atomic E-state index is 11.0. The van der Waals surface area contributed by atoms with E-state index in [1.54, 1.807) is 24.8 Å². The largest absolute Gasteiger partial charge is 0.373 e. The average molecular weight is 279 g/mol. The fourth-order valence-corrected chi connectivity index (χ4v) is 2.56. The summed E-state index contributed by atoms with van der Waals surface area (Å²) in [6.07, 6.45) is 0. The molecule has 0 atom stereocenters. The van der Waals surface area contributed by atoms with Crippen molar-refractivity contribution in [3.63, 3.8) is 0 Å². The van der Waals surface area contributed by atoms with Crippen LogP contribution >= 0.6 is 11.8 Å². The summed E-state index contributed by atoms with van der Waals surface area (Å²) in [5, 5.41) is 19.2. The molecule has 0 amide bonds. The molecule has 2 aromatic heterocycles. The van der Waals surface area contributed by atoms with E-state index in [4.69, 9.17) is 0 Å². The van der Waals surface area contributed by atoms with Crippen molar-refractivity contribution < 1.29 is 4.92 Å². The van der Waals surface area contributed by atoms with Gasteiger partial charge in [-0.15, -0.1) is 0 Å². The topological polar surface area (TPSA) is 85.9 Å². The number of nitro groups is 1. The van der Waals surface area contributed by atoms with E-state index in [1.807, 2.05) is 13.0 Å². The molecule has 0 spiro atoms. The lowest BCUT2D eigenvalue weighted by Crippen LogP contribution is -1.99. The van der Waals surface area contributed by atoms with Crippen molar-refractivity contribution in [3.8, 4) is 0 Å². The van der Waals surface area contributed by atoms with Gasteiger partial charge >= 0.3 is 5.69 Å². The Balaban J connectivity index is 2.42. The highest BCUT2D eigenvalue weighted by Gasteiger charge is 2.18. The van der Waals surface area contributed by atoms with Gasteiger partial charge in [-0.1, -0.05) is 0 Å². The molecule has 1 N–H and O–H groups in total. The molecule has 0 aliphatic rings. The van der Waals surface area contributed by atoms with Crippen molar-refractivity contribution in [1.82, 2.24) is 14.8 Å². The average Bonchev–Trinajstić information content (AvgIpc) is 2.67. The van der Waals surface area contributed by atoms with Gasteiger partial charge in [-0.05, 0) is 30.8 Å². The maximum Gasteiger partial charge on any atom is 0.301 e. The number of nitrogens with zero attached hydrogens (tertiary/aromatic N) is 4. The summed E-state index contributed by atoms with van der Waals surface area (Å²) in [5.41, 5.74) is 0.847. The molecule has 0 aliphatic carbocycles. The highest BCUT2D eigenvalue weighted by atomic mass is 32.2. The highest BCUT2D eigenvalue weighted by molar-refractivity contribution is 7.99. The molecule has 2 rings (SSSR count). The smallest absolute Gasteiger partial charge is 0.301 e. The summed E-state index contributed by atoms with van der Waals surface area (Å²) in [4.78, 5) is 14.8. The first-order chi connectivity index (χ1) is 9.01. The van der Waals surface area contributed by atoms with Gasteiger partial charge in [-0.25, -0.2) is 4.98 Å². The van der Waals surface area contributed by atoms with Crippen LogP contribution in [-0.2, 0) is 7.05 Å². The summed E-state index contributed by atoms with van der Waals surface area (Å²) in [6, 6.07) is 4.89. The van der Waals surface area contributed by atoms with Gasteiger partial charge in [0.1, 0.15) is 10.8 Å². The van der Waals surface area contributed by atoms with Crippen molar-refractivity contribution in [2.24, 2.45) is 7.05 Å². The lowest BCUT2D eigenvalue weighted by molar-refractivity contribution is -0.388. The predicted octanol–water partition coefficient (Wildman–Crippen LogP) is 2.22. The van der Waals surface area contributed by atoms with Gasteiger partial charge in [0.2, 0.25) is 0 Å². The van der Waals surface area contributed by atoms with Crippen LogP contribution in [0.1, 0.15) is 5.69 Å². The van der Waals surface area contributed by atoms with Crippen molar-refractivity contribution in [3.05, 3.63) is 34.0 Å². The lowest BCUT2D eigenvalue weighted by atomic mass is 10.4. The van der Waals surface area contributed by atoms with Crippen LogP contribution in [0.2, 0.25) is 0 Å². The summed E-state index contributed by atoms with van der Waals surface area (Å²) >= 11 is 1.23. The standard InChI is InChI=1S/C11H13N5O2S/c1-7-6-10(15(3)14-7)19-11-8(16(17)18)4-5-9(12-2)13-11/h4-6H,1-3H3,(H,12,13). The van der Waals surface area contributed by atoms with Crippen molar-refractivity contribution in [2.75, 3.05) is 12.4 Å². The minimum Gasteiger partial charge on any atom is -0.373 e. The number of aryl methyl sites for hydroxylation is 2. The molecule has 8 heteroatoms. The first-order valence-electron chi connectivity index (χ1n) is 5.53. The van der Waals surface area contributed by atoms with E-state index >= 15 is 0 Å². The van der Waals surface area contributed by atoms with Gasteiger partial charge in [-0.3, -0.25) is 14.8 Å². The Kier molecular flexibility index (Phi) is 3.70. The molecule has 0 aromatic carbocycles. The van der Waals surface area contributed by atoms with Crippen LogP contribution in [0, 0.1) is 17.0 Å². The number of anilines is 1. The summed E-state index contributed by atoms with van der Waals surface area (Å²) in [5.74, 6) is 0.590. The zero-order valence-corrected chi connectivity index (χ0v) is 11.6. The Morgan fingerprint density at radius 3 is 2.74 bits per heavy atom. The van der Waals surface area contributed by atoms with E-state index < -0.39 is 4.92 Å². The molecule has 0 saturated carbocycles. The first kappa shape index (κ1) is 13.3. The van der Waals surface area contributed by atoms with Crippen LogP contribution in [0.3, 0.4) is 0 Å². The molecule has 100 valence electrons. The van der Waals surface area contributed by atoms with Gasteiger partial charge in [-0.2, -0.15) is 5.10 Å². The molecular formula is C11H13N5O2S. The van der Waals surface area contributed by atoms with Gasteiger partial charge < -0.3 is 5.32 Å². The van der Waals surface area contributed by atoms with Crippen molar-refractivity contribution in [1.29, 1.82) is 0 Å². The minimum absolute atomic E-state index is 0.0112. The van der Waals surface area contributed by atoms with Crippen LogP contribution in [-0.4, -0.2) is 26.7 Å². The third kappa shape index (κ3) is 2.84. The van der Waals surface area contributed by atoms with Crippen LogP contribution in [0.4, 0.5) is 11.5 Å². The lowest BCUT2D eigenvalue weighted by Gasteiger charge is -2.05. The quantitative estimate of drug-likeness (QED) is 0.682. The Morgan fingerprint density at radius 1 is 1.47 bits per heavy atom. The number of hydrogen-bond acceptors (Lipinski definition) is 6. The third-order valence-corrected chi connectivity index (χ3v) is 3.54. The summed E-state index contributed by atoms with van der Waals surface area (Å²) < 4.78 is 1.68. The van der Waals surface area contributed by atoms with E-state index in [1.165, 1.54) is 17.8 Å². The SMILES string of the molecule is CNc1ccc([N+](=O)[O-])c(Sc2cc(C)nn2C)n1. The Hall–Kier alpha value is -2.09. The Labute approximate surface area is 114 Å². The van der Waals surface area contributed by atoms with Gasteiger partial charge in [0, 0.05) is 20.2 Å². The fourth-order valence-electron chi connectivity index (χ4n) is 1.57. The Bertz CT molecular complexity index is 626. The molecule has 7 nitrogen and oxygen atoms in total. The number of rotatable bonds is 4. The molecule has 19 heavy (non-hydrogen) atoms. The fraction of sp³-hybridized carbons (Fsp3) is 0.273. The second-order valence-electron chi connectivity index (χ2n) is 3.88. The van der Waals surface area contributed by atoms with Crippen LogP contribution in [0.15, 0.2) is 28.3 Å². The molecule has 2 heterocycles. The van der Waals surface area contributed by atoms with E-state index in [9.17, 15) is 10.1 Å². The minimum atomic E-state index is -0.433. The van der Waals surface area contributed by atoms with Gasteiger partial charge in [0.25, 0.3) is 0 Å². The normalized spacial score (nSPS) is 10.5. The highest BCUT2D eigenvalue weighted by Crippen LogP contribution is 2.34. The summed E-state index contributed by atoms with van der Waals surface area (Å²) in [7, 11) is 3.51. The van der Waals surface area contributed by atoms with E-state index in [0.29, 0.717) is 10.8 Å². The zero-order chi connectivity index (χ0) is 14.0. The molecule has 0 radical (unpaired) electrons. The molecule has 0 fully saturated rings. The second kappa shape index (κ2) is 5.27. The van der Waals surface area contributed by atoms with E-state index in [0.717, 1.165) is 10.7 Å². The molecule has 0 aliphatic heterocycles. The molecule has 0 saturated heterocycles. The van der Waals surface area contributed by atoms with Gasteiger partial charge in [0.15, 0.2) is 5.03 Å². The van der Waals surface area contributed by atoms with Crippen LogP contribution < -0.4 is 5.32 Å². The van der Waals surface area contributed by atoms with Crippen LogP contribution in [0.25, 0.3) is 0 Å². The number of nitrogens with one attached hydrogen (secondary N) is 1. The number of aromatic nitrogens is 3. The molecule has 0 unspecified atom stereocenters. The Morgan fingerprint density at radius 2 is 2.21 bits per heavy atom. The predicted molar refractivity (Wildman–Crippen MR) is 72.5 cm³/mol. The van der Waals surface area contributed by atoms with E-state index in [-0.39, 0.29) is 5.69 Å². The monoisotopic (exact) mass is 279 g/mol. The number of hydrogen-bond donors (Lipinski definition) is 1. The summed E-state index contributed by atoms with van der Waals surface area (Å²) in [6.45, 7) is 1.87. The zero-order valence-electron chi connectivity index (χ0n) is 10.7.